The van der Waals surface area contributed by atoms with Crippen molar-refractivity contribution in [2.45, 2.75) is 56.9 Å². The second-order valence-corrected chi connectivity index (χ2v) is 6.95. The molecule has 0 saturated heterocycles. The first kappa shape index (κ1) is 17.1. The maximum absolute atomic E-state index is 13.3. The van der Waals surface area contributed by atoms with E-state index in [1.807, 2.05) is 0 Å². The van der Waals surface area contributed by atoms with Gasteiger partial charge in [-0.1, -0.05) is 6.92 Å². The summed E-state index contributed by atoms with van der Waals surface area (Å²) in [7, 11) is 0. The molecule has 1 aromatic rings. The van der Waals surface area contributed by atoms with E-state index in [1.54, 1.807) is 0 Å². The Bertz CT molecular complexity index is 688. The predicted molar refractivity (Wildman–Crippen MR) is 68.7 cm³/mol. The molecule has 10 heteroatoms. The first-order valence-electron chi connectivity index (χ1n) is 7.26. The fraction of sp³-hybridized carbons (Fsp3) is 0.714. The lowest BCUT2D eigenvalue weighted by atomic mass is 9.67. The first-order chi connectivity index (χ1) is 10.8. The Morgan fingerprint density at radius 2 is 1.92 bits per heavy atom. The minimum absolute atomic E-state index is 0.158. The Kier molecular flexibility index (Phi) is 3.48. The van der Waals surface area contributed by atoms with E-state index in [0.717, 1.165) is 0 Å². The van der Waals surface area contributed by atoms with E-state index in [1.165, 1.54) is 6.92 Å². The summed E-state index contributed by atoms with van der Waals surface area (Å²) in [5, 5.41) is 12.8. The lowest BCUT2D eigenvalue weighted by Gasteiger charge is -2.44. The Balaban J connectivity index is 2.03. The maximum Gasteiger partial charge on any atom is 0.420 e. The van der Waals surface area contributed by atoms with Crippen LogP contribution in [-0.2, 0) is 12.7 Å². The van der Waals surface area contributed by atoms with Crippen LogP contribution in [0.25, 0.3) is 0 Å². The lowest BCUT2D eigenvalue weighted by Crippen LogP contribution is -2.47. The highest BCUT2D eigenvalue weighted by Gasteiger charge is 2.55. The Morgan fingerprint density at radius 1 is 1.38 bits per heavy atom. The Morgan fingerprint density at radius 3 is 2.29 bits per heavy atom. The monoisotopic (exact) mass is 356 g/mol. The van der Waals surface area contributed by atoms with Crippen molar-refractivity contribution < 1.29 is 36.2 Å². The molecule has 134 valence electrons. The summed E-state index contributed by atoms with van der Waals surface area (Å²) in [5.41, 5.74) is -4.30. The third-order valence-electron chi connectivity index (χ3n) is 4.43. The van der Waals surface area contributed by atoms with E-state index < -0.39 is 71.9 Å². The molecule has 0 aromatic carbocycles. The topological polar surface area (TPSA) is 55.1 Å². The number of aromatic carboxylic acids is 1. The fourth-order valence-electron chi connectivity index (χ4n) is 3.47. The van der Waals surface area contributed by atoms with E-state index >= 15 is 0 Å². The molecule has 1 heterocycles. The van der Waals surface area contributed by atoms with E-state index in [2.05, 4.69) is 5.10 Å². The van der Waals surface area contributed by atoms with Crippen LogP contribution in [0, 0.1) is 5.41 Å². The molecule has 4 nitrogen and oxygen atoms in total. The van der Waals surface area contributed by atoms with Crippen LogP contribution in [0.4, 0.5) is 26.3 Å². The normalized spacial score (nSPS) is 27.6. The van der Waals surface area contributed by atoms with Crippen LogP contribution in [0.15, 0.2) is 0 Å². The van der Waals surface area contributed by atoms with Crippen LogP contribution in [0.5, 0.6) is 0 Å². The quantitative estimate of drug-likeness (QED) is 0.834. The number of nitrogens with zero attached hydrogens (tertiary/aromatic N) is 2. The molecule has 2 saturated carbocycles. The Labute approximate surface area is 132 Å². The minimum Gasteiger partial charge on any atom is -0.477 e. The van der Waals surface area contributed by atoms with E-state index in [4.69, 9.17) is 0 Å². The number of carboxylic acids is 1. The molecule has 0 radical (unpaired) electrons. The van der Waals surface area contributed by atoms with Crippen LogP contribution in [0.3, 0.4) is 0 Å². The molecule has 2 aliphatic carbocycles. The third kappa shape index (κ3) is 2.86. The molecule has 0 aliphatic heterocycles. The number of rotatable bonds is 4. The second kappa shape index (κ2) is 4.89. The zero-order valence-corrected chi connectivity index (χ0v) is 12.5. The molecule has 2 unspecified atom stereocenters. The fourth-order valence-corrected chi connectivity index (χ4v) is 3.47. The van der Waals surface area contributed by atoms with Gasteiger partial charge >= 0.3 is 12.1 Å². The van der Waals surface area contributed by atoms with E-state index in [9.17, 15) is 36.2 Å². The standard InChI is InChI=1S/C14H14F6N2O2/c1-12(3-13(16,17)4-12)5-22-10(11(23)24)8(14(18,19)20)9(21-22)6-2-7(6)15/h6-7H,2-5H2,1H3,(H,23,24). The van der Waals surface area contributed by atoms with Gasteiger partial charge in [-0.2, -0.15) is 18.3 Å². The summed E-state index contributed by atoms with van der Waals surface area (Å²) in [6.07, 6.45) is -7.81. The second-order valence-electron chi connectivity index (χ2n) is 6.95. The van der Waals surface area contributed by atoms with Gasteiger partial charge in [-0.15, -0.1) is 0 Å². The first-order valence-corrected chi connectivity index (χ1v) is 7.26. The predicted octanol–water partition coefficient (Wildman–Crippen LogP) is 3.86. The van der Waals surface area contributed by atoms with Crippen molar-refractivity contribution in [3.05, 3.63) is 17.0 Å². The van der Waals surface area contributed by atoms with Crippen molar-refractivity contribution in [2.75, 3.05) is 0 Å². The van der Waals surface area contributed by atoms with Gasteiger partial charge in [-0.3, -0.25) is 4.68 Å². The van der Waals surface area contributed by atoms with Crippen molar-refractivity contribution >= 4 is 5.97 Å². The minimum atomic E-state index is -5.02. The number of halogens is 6. The van der Waals surface area contributed by atoms with Crippen molar-refractivity contribution in [1.29, 1.82) is 0 Å². The van der Waals surface area contributed by atoms with Crippen LogP contribution >= 0.6 is 0 Å². The van der Waals surface area contributed by atoms with Crippen LogP contribution in [-0.4, -0.2) is 33.0 Å². The zero-order valence-electron chi connectivity index (χ0n) is 12.5. The van der Waals surface area contributed by atoms with Crippen molar-refractivity contribution in [2.24, 2.45) is 5.41 Å². The molecule has 3 rings (SSSR count). The number of carbonyl (C=O) groups is 1. The van der Waals surface area contributed by atoms with Gasteiger partial charge in [0.05, 0.1) is 5.69 Å². The molecule has 1 aromatic heterocycles. The zero-order chi connectivity index (χ0) is 18.1. The van der Waals surface area contributed by atoms with Gasteiger partial charge in [-0.25, -0.2) is 18.0 Å². The maximum atomic E-state index is 13.3. The summed E-state index contributed by atoms with van der Waals surface area (Å²) in [4.78, 5) is 11.3. The summed E-state index contributed by atoms with van der Waals surface area (Å²) in [6.45, 7) is 1.04. The number of hydrogen-bond acceptors (Lipinski definition) is 2. The van der Waals surface area contributed by atoms with Gasteiger partial charge in [0.15, 0.2) is 5.69 Å². The summed E-state index contributed by atoms with van der Waals surface area (Å²) in [5.74, 6) is -5.88. The molecule has 2 atom stereocenters. The largest absolute Gasteiger partial charge is 0.477 e. The van der Waals surface area contributed by atoms with Gasteiger partial charge in [0.2, 0.25) is 5.92 Å². The van der Waals surface area contributed by atoms with Gasteiger partial charge in [0, 0.05) is 25.3 Å². The Hall–Kier alpha value is -1.74. The van der Waals surface area contributed by atoms with E-state index in [0.29, 0.717) is 4.68 Å². The average Bonchev–Trinajstić information content (AvgIpc) is 2.93. The molecule has 0 spiro atoms. The van der Waals surface area contributed by atoms with Gasteiger partial charge in [0.25, 0.3) is 0 Å². The number of alkyl halides is 6. The molecule has 1 N–H and O–H groups in total. The van der Waals surface area contributed by atoms with Crippen molar-refractivity contribution in [1.82, 2.24) is 9.78 Å². The SMILES string of the molecule is CC1(Cn2nc(C3CC3F)c(C(F)(F)F)c2C(=O)O)CC(F)(F)C1. The highest BCUT2D eigenvalue weighted by atomic mass is 19.4. The molecular weight excluding hydrogens is 342 g/mol. The smallest absolute Gasteiger partial charge is 0.420 e. The average molecular weight is 356 g/mol. The molecule has 0 bridgehead atoms. The lowest BCUT2D eigenvalue weighted by molar-refractivity contribution is -0.160. The summed E-state index contributed by atoms with van der Waals surface area (Å²) < 4.78 is 79.9. The highest BCUT2D eigenvalue weighted by Crippen LogP contribution is 2.53. The number of aromatic nitrogens is 2. The molecular formula is C14H14F6N2O2. The highest BCUT2D eigenvalue weighted by molar-refractivity contribution is 5.88. The third-order valence-corrected chi connectivity index (χ3v) is 4.43. The number of hydrogen-bond donors (Lipinski definition) is 1. The van der Waals surface area contributed by atoms with Crippen LogP contribution in [0.2, 0.25) is 0 Å². The number of carboxylic acid groups (broad SMARTS) is 1. The van der Waals surface area contributed by atoms with Gasteiger partial charge in [0.1, 0.15) is 11.7 Å². The van der Waals surface area contributed by atoms with Crippen LogP contribution < -0.4 is 0 Å². The van der Waals surface area contributed by atoms with Gasteiger partial charge in [-0.05, 0) is 11.8 Å². The molecule has 24 heavy (non-hydrogen) atoms. The summed E-state index contributed by atoms with van der Waals surface area (Å²) >= 11 is 0. The summed E-state index contributed by atoms with van der Waals surface area (Å²) in [6, 6.07) is 0. The molecule has 0 amide bonds. The molecule has 2 fully saturated rings. The van der Waals surface area contributed by atoms with Crippen molar-refractivity contribution in [3.8, 4) is 0 Å². The van der Waals surface area contributed by atoms with Crippen LogP contribution in [0.1, 0.15) is 53.8 Å². The van der Waals surface area contributed by atoms with E-state index in [-0.39, 0.29) is 6.42 Å². The van der Waals surface area contributed by atoms with Crippen molar-refractivity contribution in [3.63, 3.8) is 0 Å². The molecule has 2 aliphatic rings. The van der Waals surface area contributed by atoms with Gasteiger partial charge < -0.3 is 5.11 Å².